The smallest absolute Gasteiger partial charge is 0.241 e. The second-order valence-electron chi connectivity index (χ2n) is 1.40. The Labute approximate surface area is 45.5 Å². The van der Waals surface area contributed by atoms with Crippen LogP contribution in [0.4, 0.5) is 0 Å². The van der Waals surface area contributed by atoms with Crippen LogP contribution < -0.4 is 0 Å². The molecule has 1 aliphatic heterocycles. The van der Waals surface area contributed by atoms with Crippen molar-refractivity contribution in [2.45, 2.75) is 11.5 Å². The van der Waals surface area contributed by atoms with Crippen LogP contribution in [0.1, 0.15) is 6.42 Å². The van der Waals surface area contributed by atoms with Gasteiger partial charge in [-0.2, -0.15) is 0 Å². The van der Waals surface area contributed by atoms with Crippen molar-refractivity contribution in [3.8, 4) is 0 Å². The van der Waals surface area contributed by atoms with Crippen LogP contribution in [-0.2, 0) is 4.18 Å². The van der Waals surface area contributed by atoms with Crippen LogP contribution in [-0.4, -0.2) is 21.9 Å². The Morgan fingerprint density at radius 1 is 1.57 bits per heavy atom. The number of aliphatic hydroxyl groups is 2. The summed E-state index contributed by atoms with van der Waals surface area (Å²) in [5.41, 5.74) is 0. The Kier molecular flexibility index (Phi) is 1.25. The zero-order valence-corrected chi connectivity index (χ0v) is 4.44. The molecular formula is C3H6O3S. The summed E-state index contributed by atoms with van der Waals surface area (Å²) in [6, 6.07) is 0. The number of hydrogen-bond donors (Lipinski definition) is 2. The summed E-state index contributed by atoms with van der Waals surface area (Å²) in [5.74, 6) is 0. The summed E-state index contributed by atoms with van der Waals surface area (Å²) < 4.78 is 4.58. The molecule has 0 aromatic rings. The van der Waals surface area contributed by atoms with E-state index in [2.05, 4.69) is 4.18 Å². The molecular weight excluding hydrogens is 116 g/mol. The first kappa shape index (κ1) is 5.37. The van der Waals surface area contributed by atoms with E-state index in [1.165, 1.54) is 0 Å². The van der Waals surface area contributed by atoms with Gasteiger partial charge in [0.2, 0.25) is 5.12 Å². The summed E-state index contributed by atoms with van der Waals surface area (Å²) in [4.78, 5) is 0. The molecule has 0 bridgehead atoms. The highest BCUT2D eigenvalue weighted by molar-refractivity contribution is 7.95. The second kappa shape index (κ2) is 1.63. The third kappa shape index (κ3) is 1.31. The fraction of sp³-hybridized carbons (Fsp3) is 1.00. The molecule has 7 heavy (non-hydrogen) atoms. The van der Waals surface area contributed by atoms with Crippen molar-refractivity contribution in [3.05, 3.63) is 0 Å². The lowest BCUT2D eigenvalue weighted by Crippen LogP contribution is -2.17. The molecule has 1 rings (SSSR count). The fourth-order valence-corrected chi connectivity index (χ4v) is 0.874. The molecule has 0 saturated carbocycles. The maximum absolute atomic E-state index is 8.59. The van der Waals surface area contributed by atoms with Gasteiger partial charge in [0.25, 0.3) is 0 Å². The predicted molar refractivity (Wildman–Crippen MR) is 25.3 cm³/mol. The van der Waals surface area contributed by atoms with Crippen molar-refractivity contribution in [2.24, 2.45) is 0 Å². The van der Waals surface area contributed by atoms with Gasteiger partial charge in [-0.25, -0.2) is 0 Å². The van der Waals surface area contributed by atoms with Crippen LogP contribution in [0.15, 0.2) is 0 Å². The average Bonchev–Trinajstić information content (AvgIpc) is 1.84. The van der Waals surface area contributed by atoms with Crippen molar-refractivity contribution in [1.82, 2.24) is 0 Å². The molecule has 1 fully saturated rings. The third-order valence-electron chi connectivity index (χ3n) is 0.703. The molecule has 0 atom stereocenters. The SMILES string of the molecule is OC1(O)CCOS1. The minimum atomic E-state index is -1.61. The molecule has 2 N–H and O–H groups in total. The highest BCUT2D eigenvalue weighted by Gasteiger charge is 2.30. The van der Waals surface area contributed by atoms with Crippen molar-refractivity contribution < 1.29 is 14.4 Å². The highest BCUT2D eigenvalue weighted by atomic mass is 32.2. The van der Waals surface area contributed by atoms with Gasteiger partial charge in [0.1, 0.15) is 0 Å². The van der Waals surface area contributed by atoms with Gasteiger partial charge in [-0.05, 0) is 0 Å². The average molecular weight is 122 g/mol. The largest absolute Gasteiger partial charge is 0.356 e. The normalized spacial score (nSPS) is 28.3. The van der Waals surface area contributed by atoms with Crippen LogP contribution in [0.3, 0.4) is 0 Å². The summed E-state index contributed by atoms with van der Waals surface area (Å²) in [6.45, 7) is 0.428. The Balaban J connectivity index is 2.40. The highest BCUT2D eigenvalue weighted by Crippen LogP contribution is 2.30. The lowest BCUT2D eigenvalue weighted by atomic mass is 10.4. The molecule has 0 unspecified atom stereocenters. The molecule has 1 aliphatic rings. The summed E-state index contributed by atoms with van der Waals surface area (Å²) >= 11 is 0.711. The van der Waals surface area contributed by atoms with Gasteiger partial charge in [-0.1, -0.05) is 0 Å². The molecule has 0 aromatic heterocycles. The first-order valence-electron chi connectivity index (χ1n) is 1.96. The van der Waals surface area contributed by atoms with E-state index in [9.17, 15) is 0 Å². The molecule has 0 amide bonds. The van der Waals surface area contributed by atoms with E-state index >= 15 is 0 Å². The van der Waals surface area contributed by atoms with E-state index in [-0.39, 0.29) is 0 Å². The van der Waals surface area contributed by atoms with E-state index in [4.69, 9.17) is 10.2 Å². The molecule has 4 heteroatoms. The molecule has 1 heterocycles. The number of rotatable bonds is 0. The quantitative estimate of drug-likeness (QED) is 0.342. The maximum Gasteiger partial charge on any atom is 0.241 e. The van der Waals surface area contributed by atoms with Crippen molar-refractivity contribution in [3.63, 3.8) is 0 Å². The Morgan fingerprint density at radius 3 is 2.43 bits per heavy atom. The van der Waals surface area contributed by atoms with Gasteiger partial charge in [0.05, 0.1) is 18.6 Å². The summed E-state index contributed by atoms with van der Waals surface area (Å²) in [7, 11) is 0. The Hall–Kier alpha value is 0.230. The van der Waals surface area contributed by atoms with E-state index in [1.807, 2.05) is 0 Å². The van der Waals surface area contributed by atoms with Crippen molar-refractivity contribution >= 4 is 12.0 Å². The molecule has 1 saturated heterocycles. The van der Waals surface area contributed by atoms with E-state index in [1.54, 1.807) is 0 Å². The molecule has 0 aliphatic carbocycles. The van der Waals surface area contributed by atoms with Gasteiger partial charge >= 0.3 is 0 Å². The molecule has 0 radical (unpaired) electrons. The monoisotopic (exact) mass is 122 g/mol. The standard InChI is InChI=1S/C3H6O3S/c4-3(5)1-2-6-7-3/h4-5H,1-2H2. The first-order valence-corrected chi connectivity index (χ1v) is 2.70. The maximum atomic E-state index is 8.59. The molecule has 0 aromatic carbocycles. The zero-order valence-electron chi connectivity index (χ0n) is 3.63. The fourth-order valence-electron chi connectivity index (χ4n) is 0.352. The van der Waals surface area contributed by atoms with Crippen molar-refractivity contribution in [2.75, 3.05) is 6.61 Å². The van der Waals surface area contributed by atoms with Crippen LogP contribution in [0.5, 0.6) is 0 Å². The van der Waals surface area contributed by atoms with Gasteiger partial charge in [-0.3, -0.25) is 0 Å². The number of hydrogen-bond acceptors (Lipinski definition) is 4. The summed E-state index contributed by atoms with van der Waals surface area (Å²) in [6.07, 6.45) is 0.303. The third-order valence-corrected chi connectivity index (χ3v) is 1.46. The van der Waals surface area contributed by atoms with Gasteiger partial charge in [0.15, 0.2) is 0 Å². The molecule has 42 valence electrons. The zero-order chi connectivity index (χ0) is 5.33. The van der Waals surface area contributed by atoms with E-state index in [0.717, 1.165) is 0 Å². The lowest BCUT2D eigenvalue weighted by molar-refractivity contribution is -0.0738. The second-order valence-corrected chi connectivity index (χ2v) is 2.45. The minimum Gasteiger partial charge on any atom is -0.356 e. The van der Waals surface area contributed by atoms with E-state index in [0.29, 0.717) is 25.1 Å². The topological polar surface area (TPSA) is 49.7 Å². The van der Waals surface area contributed by atoms with Crippen LogP contribution in [0.2, 0.25) is 0 Å². The lowest BCUT2D eigenvalue weighted by Gasteiger charge is -2.06. The van der Waals surface area contributed by atoms with Crippen LogP contribution in [0.25, 0.3) is 0 Å². The van der Waals surface area contributed by atoms with Gasteiger partial charge < -0.3 is 14.4 Å². The van der Waals surface area contributed by atoms with Crippen molar-refractivity contribution in [1.29, 1.82) is 0 Å². The molecule has 0 spiro atoms. The van der Waals surface area contributed by atoms with Gasteiger partial charge in [-0.15, -0.1) is 0 Å². The predicted octanol–water partition coefficient (Wildman–Crippen LogP) is -0.307. The minimum absolute atomic E-state index is 0.303. The Morgan fingerprint density at radius 2 is 2.29 bits per heavy atom. The van der Waals surface area contributed by atoms with Crippen LogP contribution >= 0.6 is 12.0 Å². The van der Waals surface area contributed by atoms with E-state index < -0.39 is 5.12 Å². The first-order chi connectivity index (χ1) is 3.21. The van der Waals surface area contributed by atoms with Gasteiger partial charge in [0, 0.05) is 6.42 Å². The summed E-state index contributed by atoms with van der Waals surface area (Å²) in [5, 5.41) is 15.6. The van der Waals surface area contributed by atoms with Crippen LogP contribution in [0, 0.1) is 0 Å². The Bertz CT molecular complexity index is 64.6. The molecule has 3 nitrogen and oxygen atoms in total.